The van der Waals surface area contributed by atoms with Gasteiger partial charge in [0.15, 0.2) is 0 Å². The fraction of sp³-hybridized carbons (Fsp3) is 0.571. The standard InChI is InChI=1S/C7H13AsN4O3/c1-14-4-2-3-9-7(10-13)5-6(8)12-15-11-5/h13H,2-4,8H2,1H3,(H,9,10). The monoisotopic (exact) mass is 276 g/mol. The molecule has 0 spiro atoms. The third-order valence-electron chi connectivity index (χ3n) is 1.62. The van der Waals surface area contributed by atoms with E-state index in [1.54, 1.807) is 7.11 Å². The summed E-state index contributed by atoms with van der Waals surface area (Å²) in [6, 6.07) is 0. The Hall–Kier alpha value is -0.912. The summed E-state index contributed by atoms with van der Waals surface area (Å²) in [6.45, 7) is 1.16. The van der Waals surface area contributed by atoms with Gasteiger partial charge in [0.25, 0.3) is 0 Å². The van der Waals surface area contributed by atoms with Gasteiger partial charge in [-0.1, -0.05) is 0 Å². The molecular formula is C7H13AsN4O3. The second-order valence-corrected chi connectivity index (χ2v) is 3.83. The fourth-order valence-corrected chi connectivity index (χ4v) is 1.42. The van der Waals surface area contributed by atoms with Crippen LogP contribution in [-0.4, -0.2) is 58.5 Å². The summed E-state index contributed by atoms with van der Waals surface area (Å²) < 4.78 is 10.0. The van der Waals surface area contributed by atoms with E-state index < -0.39 is 0 Å². The topological polar surface area (TPSA) is 92.8 Å². The number of ether oxygens (including phenoxy) is 1. The van der Waals surface area contributed by atoms with Gasteiger partial charge in [-0.3, -0.25) is 0 Å². The van der Waals surface area contributed by atoms with Crippen molar-refractivity contribution in [3.8, 4) is 0 Å². The second-order valence-electron chi connectivity index (χ2n) is 2.69. The van der Waals surface area contributed by atoms with E-state index in [0.29, 0.717) is 23.3 Å². The van der Waals surface area contributed by atoms with Crippen LogP contribution in [0.3, 0.4) is 0 Å². The number of aromatic nitrogens is 2. The number of nitrogens with zero attached hydrogens (tertiary/aromatic N) is 3. The van der Waals surface area contributed by atoms with E-state index >= 15 is 0 Å². The molecule has 7 nitrogen and oxygen atoms in total. The molecule has 1 heterocycles. The van der Waals surface area contributed by atoms with Gasteiger partial charge in [0.1, 0.15) is 0 Å². The van der Waals surface area contributed by atoms with Crippen LogP contribution in [0.4, 0.5) is 0 Å². The van der Waals surface area contributed by atoms with E-state index in [-0.39, 0.29) is 5.84 Å². The van der Waals surface area contributed by atoms with Crippen LogP contribution in [0, 0.1) is 0 Å². The first-order chi connectivity index (χ1) is 7.29. The van der Waals surface area contributed by atoms with Gasteiger partial charge in [0, 0.05) is 0 Å². The molecule has 0 aromatic carbocycles. The van der Waals surface area contributed by atoms with E-state index in [2.05, 4.69) is 19.9 Å². The predicted molar refractivity (Wildman–Crippen MR) is 55.3 cm³/mol. The van der Waals surface area contributed by atoms with Crippen molar-refractivity contribution in [2.24, 2.45) is 4.99 Å². The van der Waals surface area contributed by atoms with Crippen molar-refractivity contribution in [2.75, 3.05) is 20.3 Å². The van der Waals surface area contributed by atoms with Crippen molar-refractivity contribution >= 4 is 27.2 Å². The second kappa shape index (κ2) is 6.55. The molecule has 0 fully saturated rings. The van der Waals surface area contributed by atoms with E-state index in [1.807, 2.05) is 5.48 Å². The molecule has 1 rings (SSSR count). The Morgan fingerprint density at radius 2 is 2.47 bits per heavy atom. The molecule has 1 atom stereocenters. The summed E-state index contributed by atoms with van der Waals surface area (Å²) in [5, 5.41) is 16.1. The van der Waals surface area contributed by atoms with Crippen LogP contribution in [0.15, 0.2) is 9.62 Å². The molecular weight excluding hydrogens is 263 g/mol. The van der Waals surface area contributed by atoms with Crippen LogP contribution < -0.4 is 9.96 Å². The molecule has 2 N–H and O–H groups in total. The van der Waals surface area contributed by atoms with E-state index in [9.17, 15) is 0 Å². The minimum absolute atomic E-state index is 0.270. The first-order valence-corrected chi connectivity index (χ1v) is 5.52. The average molecular weight is 276 g/mol. The summed E-state index contributed by atoms with van der Waals surface area (Å²) in [4.78, 5) is 4.11. The SMILES string of the molecule is COCCCN=C(NO)c1nonc1[AsH2]. The molecule has 84 valence electrons. The first kappa shape index (κ1) is 12.2. The zero-order chi connectivity index (χ0) is 11.1. The van der Waals surface area contributed by atoms with Crippen LogP contribution in [0.5, 0.6) is 0 Å². The number of hydroxylamine groups is 1. The van der Waals surface area contributed by atoms with Gasteiger partial charge in [0.2, 0.25) is 0 Å². The number of amidine groups is 1. The number of methoxy groups -OCH3 is 1. The summed E-state index contributed by atoms with van der Waals surface area (Å²) in [5.41, 5.74) is 2.42. The molecule has 0 saturated heterocycles. The molecule has 0 aliphatic rings. The minimum atomic E-state index is 0.270. The molecule has 15 heavy (non-hydrogen) atoms. The van der Waals surface area contributed by atoms with Crippen molar-refractivity contribution in [1.82, 2.24) is 15.8 Å². The Balaban J connectivity index is 2.59. The molecule has 1 aromatic rings. The molecule has 0 amide bonds. The first-order valence-electron chi connectivity index (χ1n) is 4.31. The van der Waals surface area contributed by atoms with Crippen LogP contribution in [0.2, 0.25) is 0 Å². The maximum absolute atomic E-state index is 8.86. The molecule has 1 unspecified atom stereocenters. The van der Waals surface area contributed by atoms with Crippen molar-refractivity contribution < 1.29 is 14.6 Å². The maximum atomic E-state index is 8.86. The summed E-state index contributed by atoms with van der Waals surface area (Å²) in [5.74, 6) is 0.270. The number of hydrogen-bond acceptors (Lipinski definition) is 6. The zero-order valence-electron chi connectivity index (χ0n) is 8.30. The summed E-state index contributed by atoms with van der Waals surface area (Å²) in [7, 11) is 1.63. The average Bonchev–Trinajstić information content (AvgIpc) is 2.65. The Morgan fingerprint density at radius 3 is 3.00 bits per heavy atom. The molecule has 1 aromatic heterocycles. The Bertz CT molecular complexity index is 328. The molecule has 8 heteroatoms. The van der Waals surface area contributed by atoms with Crippen molar-refractivity contribution in [3.05, 3.63) is 5.69 Å². The van der Waals surface area contributed by atoms with Gasteiger partial charge in [-0.2, -0.15) is 0 Å². The summed E-state index contributed by atoms with van der Waals surface area (Å²) in [6.07, 6.45) is 0.775. The molecule has 0 saturated carbocycles. The Morgan fingerprint density at radius 1 is 1.67 bits per heavy atom. The number of nitrogens with one attached hydrogen (secondary N) is 1. The van der Waals surface area contributed by atoms with Crippen LogP contribution in [-0.2, 0) is 4.74 Å². The van der Waals surface area contributed by atoms with Gasteiger partial charge in [0.05, 0.1) is 0 Å². The third kappa shape index (κ3) is 3.62. The number of aliphatic imine (C=N–C) groups is 1. The van der Waals surface area contributed by atoms with Crippen molar-refractivity contribution in [3.63, 3.8) is 0 Å². The number of hydrogen-bond donors (Lipinski definition) is 2. The van der Waals surface area contributed by atoms with Gasteiger partial charge >= 0.3 is 94.9 Å². The molecule has 0 aliphatic carbocycles. The van der Waals surface area contributed by atoms with E-state index in [1.165, 1.54) is 16.9 Å². The zero-order valence-corrected chi connectivity index (χ0v) is 10.7. The van der Waals surface area contributed by atoms with Crippen LogP contribution in [0.25, 0.3) is 0 Å². The third-order valence-corrected chi connectivity index (χ3v) is 2.42. The van der Waals surface area contributed by atoms with E-state index in [0.717, 1.165) is 6.42 Å². The van der Waals surface area contributed by atoms with Crippen molar-refractivity contribution in [2.45, 2.75) is 6.42 Å². The fourth-order valence-electron chi connectivity index (χ4n) is 0.923. The van der Waals surface area contributed by atoms with Gasteiger partial charge in [-0.25, -0.2) is 0 Å². The summed E-state index contributed by atoms with van der Waals surface area (Å²) >= 11 is 1.25. The van der Waals surface area contributed by atoms with Crippen LogP contribution >= 0.6 is 0 Å². The van der Waals surface area contributed by atoms with Crippen molar-refractivity contribution in [1.29, 1.82) is 0 Å². The Labute approximate surface area is 95.3 Å². The van der Waals surface area contributed by atoms with E-state index in [4.69, 9.17) is 9.94 Å². The Kier molecular flexibility index (Phi) is 5.31. The molecule has 0 radical (unpaired) electrons. The number of rotatable bonds is 5. The normalized spacial score (nSPS) is 11.8. The predicted octanol–water partition coefficient (Wildman–Crippen LogP) is -1.91. The molecule has 0 aliphatic heterocycles. The quantitative estimate of drug-likeness (QED) is 0.214. The van der Waals surface area contributed by atoms with Gasteiger partial charge in [-0.15, -0.1) is 0 Å². The van der Waals surface area contributed by atoms with Crippen LogP contribution in [0.1, 0.15) is 12.1 Å². The molecule has 0 bridgehead atoms. The van der Waals surface area contributed by atoms with Gasteiger partial charge < -0.3 is 0 Å². The van der Waals surface area contributed by atoms with Gasteiger partial charge in [-0.05, 0) is 0 Å².